The second-order valence-electron chi connectivity index (χ2n) is 3.54. The molecule has 0 saturated heterocycles. The largest absolute Gasteiger partial charge is 0.399 e. The lowest BCUT2D eigenvalue weighted by atomic mass is 10.1. The van der Waals surface area contributed by atoms with E-state index in [4.69, 9.17) is 5.73 Å². The fraction of sp³-hybridized carbons (Fsp3) is 0.143. The van der Waals surface area contributed by atoms with Crippen LogP contribution < -0.4 is 5.73 Å². The molecule has 0 aromatic heterocycles. The molecule has 0 unspecified atom stereocenters. The van der Waals surface area contributed by atoms with Crippen molar-refractivity contribution in [1.29, 1.82) is 0 Å². The Labute approximate surface area is 91.7 Å². The van der Waals surface area contributed by atoms with Gasteiger partial charge in [-0.05, 0) is 41.7 Å². The zero-order chi connectivity index (χ0) is 11.4. The molecule has 78 valence electrons. The highest BCUT2D eigenvalue weighted by molar-refractivity contribution is 5.63. The number of allylic oxidation sites excluding steroid dienone is 8. The maximum Gasteiger partial charge on any atom is 0.0244 e. The molecule has 1 aliphatic rings. The third kappa shape index (κ3) is 2.38. The summed E-state index contributed by atoms with van der Waals surface area (Å²) in [5.41, 5.74) is 10.6. The van der Waals surface area contributed by atoms with E-state index in [0.29, 0.717) is 5.70 Å². The molecule has 0 aliphatic heterocycles. The molecule has 0 aromatic rings. The Hall–Kier alpha value is -1.76. The quantitative estimate of drug-likeness (QED) is 0.740. The first-order valence-electron chi connectivity index (χ1n) is 4.93. The highest BCUT2D eigenvalue weighted by Gasteiger charge is 2.18. The summed E-state index contributed by atoms with van der Waals surface area (Å²) in [6.07, 6.45) is 8.66. The molecule has 0 saturated carbocycles. The topological polar surface area (TPSA) is 26.0 Å². The Morgan fingerprint density at radius 2 is 2.13 bits per heavy atom. The minimum absolute atomic E-state index is 0.566. The van der Waals surface area contributed by atoms with Crippen molar-refractivity contribution < 1.29 is 0 Å². The minimum Gasteiger partial charge on any atom is -0.399 e. The molecule has 0 heterocycles. The van der Waals surface area contributed by atoms with Crippen molar-refractivity contribution in [3.63, 3.8) is 0 Å². The van der Waals surface area contributed by atoms with Gasteiger partial charge >= 0.3 is 0 Å². The van der Waals surface area contributed by atoms with Gasteiger partial charge in [-0.25, -0.2) is 0 Å². The molecule has 1 heteroatoms. The van der Waals surface area contributed by atoms with Crippen molar-refractivity contribution in [1.82, 2.24) is 0 Å². The zero-order valence-corrected chi connectivity index (χ0v) is 9.22. The van der Waals surface area contributed by atoms with Gasteiger partial charge in [0.05, 0.1) is 0 Å². The van der Waals surface area contributed by atoms with Gasteiger partial charge in [-0.15, -0.1) is 0 Å². The second-order valence-corrected chi connectivity index (χ2v) is 3.54. The van der Waals surface area contributed by atoms with Gasteiger partial charge in [0.2, 0.25) is 0 Å². The fourth-order valence-electron chi connectivity index (χ4n) is 1.69. The minimum atomic E-state index is 0.566. The Bertz CT molecular complexity index is 403. The van der Waals surface area contributed by atoms with Crippen LogP contribution in [0, 0.1) is 0 Å². The first-order chi connectivity index (χ1) is 7.10. The van der Waals surface area contributed by atoms with Crippen molar-refractivity contribution in [2.45, 2.75) is 13.3 Å². The van der Waals surface area contributed by atoms with Gasteiger partial charge in [0.25, 0.3) is 0 Å². The van der Waals surface area contributed by atoms with Crippen LogP contribution in [0.5, 0.6) is 0 Å². The van der Waals surface area contributed by atoms with Crippen molar-refractivity contribution >= 4 is 0 Å². The summed E-state index contributed by atoms with van der Waals surface area (Å²) < 4.78 is 0. The van der Waals surface area contributed by atoms with Crippen LogP contribution in [0.4, 0.5) is 0 Å². The van der Waals surface area contributed by atoms with Crippen molar-refractivity contribution in [2.75, 3.05) is 0 Å². The molecule has 0 fully saturated rings. The summed E-state index contributed by atoms with van der Waals surface area (Å²) in [7, 11) is 0. The molecular formula is C14H17N. The summed E-state index contributed by atoms with van der Waals surface area (Å²) in [5.74, 6) is 0. The van der Waals surface area contributed by atoms with Crippen LogP contribution in [0.2, 0.25) is 0 Å². The van der Waals surface area contributed by atoms with Crippen LogP contribution >= 0.6 is 0 Å². The first kappa shape index (κ1) is 11.3. The molecule has 15 heavy (non-hydrogen) atoms. The Balaban J connectivity index is 3.10. The maximum absolute atomic E-state index is 5.57. The van der Waals surface area contributed by atoms with E-state index >= 15 is 0 Å². The molecule has 0 bridgehead atoms. The number of hydrogen-bond donors (Lipinski definition) is 1. The normalized spacial score (nSPS) is 19.3. The smallest absolute Gasteiger partial charge is 0.0244 e. The second kappa shape index (κ2) is 4.65. The first-order valence-corrected chi connectivity index (χ1v) is 4.93. The third-order valence-electron chi connectivity index (χ3n) is 2.38. The summed E-state index contributed by atoms with van der Waals surface area (Å²) in [5, 5.41) is 0. The average molecular weight is 199 g/mol. The lowest BCUT2D eigenvalue weighted by Gasteiger charge is -2.00. The highest BCUT2D eigenvalue weighted by atomic mass is 14.5. The lowest BCUT2D eigenvalue weighted by molar-refractivity contribution is 1.24. The molecular weight excluding hydrogens is 182 g/mol. The van der Waals surface area contributed by atoms with Gasteiger partial charge in [0.15, 0.2) is 0 Å². The van der Waals surface area contributed by atoms with Crippen LogP contribution in [0.15, 0.2) is 72.0 Å². The fourth-order valence-corrected chi connectivity index (χ4v) is 1.69. The highest BCUT2D eigenvalue weighted by Crippen LogP contribution is 2.36. The van der Waals surface area contributed by atoms with Gasteiger partial charge in [0.1, 0.15) is 0 Å². The number of rotatable bonds is 3. The molecule has 0 atom stereocenters. The van der Waals surface area contributed by atoms with E-state index in [-0.39, 0.29) is 0 Å². The van der Waals surface area contributed by atoms with Gasteiger partial charge < -0.3 is 5.73 Å². The zero-order valence-electron chi connectivity index (χ0n) is 9.22. The van der Waals surface area contributed by atoms with Crippen molar-refractivity contribution in [3.8, 4) is 0 Å². The average Bonchev–Trinajstić information content (AvgIpc) is 2.46. The standard InChI is InChI=1S/C14H17N/c1-5-7-14-11(4)13(8-10(3)15)9-12(14)6-2/h5-8H,2-4,9,15H2,1H3/b7-5-,13-8-. The van der Waals surface area contributed by atoms with Crippen molar-refractivity contribution in [2.24, 2.45) is 5.73 Å². The van der Waals surface area contributed by atoms with E-state index in [9.17, 15) is 0 Å². The predicted octanol–water partition coefficient (Wildman–Crippen LogP) is 3.40. The third-order valence-corrected chi connectivity index (χ3v) is 2.38. The van der Waals surface area contributed by atoms with Crippen LogP contribution in [0.1, 0.15) is 13.3 Å². The summed E-state index contributed by atoms with van der Waals surface area (Å²) in [4.78, 5) is 0. The van der Waals surface area contributed by atoms with E-state index in [1.807, 2.05) is 25.2 Å². The van der Waals surface area contributed by atoms with E-state index in [1.54, 1.807) is 0 Å². The molecule has 0 radical (unpaired) electrons. The van der Waals surface area contributed by atoms with Crippen LogP contribution in [0.25, 0.3) is 0 Å². The lowest BCUT2D eigenvalue weighted by Crippen LogP contribution is -1.92. The molecule has 0 amide bonds. The van der Waals surface area contributed by atoms with Crippen LogP contribution in [-0.4, -0.2) is 0 Å². The molecule has 2 N–H and O–H groups in total. The summed E-state index contributed by atoms with van der Waals surface area (Å²) >= 11 is 0. The monoisotopic (exact) mass is 199 g/mol. The van der Waals surface area contributed by atoms with E-state index in [1.165, 1.54) is 5.57 Å². The van der Waals surface area contributed by atoms with Crippen LogP contribution in [-0.2, 0) is 0 Å². The molecule has 1 aliphatic carbocycles. The Morgan fingerprint density at radius 1 is 1.47 bits per heavy atom. The maximum atomic E-state index is 5.57. The molecule has 0 spiro atoms. The van der Waals surface area contributed by atoms with E-state index in [0.717, 1.165) is 23.1 Å². The van der Waals surface area contributed by atoms with E-state index < -0.39 is 0 Å². The van der Waals surface area contributed by atoms with Crippen molar-refractivity contribution in [3.05, 3.63) is 72.0 Å². The molecule has 0 aromatic carbocycles. The molecule has 1 nitrogen and oxygen atoms in total. The SMILES string of the molecule is C=CC1=C(/C=C\C)C(=C)/C(=C\C(=C)N)C1. The Kier molecular flexibility index (Phi) is 3.51. The van der Waals surface area contributed by atoms with Gasteiger partial charge in [-0.3, -0.25) is 0 Å². The number of nitrogens with two attached hydrogens (primary N) is 1. The summed E-state index contributed by atoms with van der Waals surface area (Å²) in [6, 6.07) is 0. The van der Waals surface area contributed by atoms with Gasteiger partial charge in [0, 0.05) is 5.70 Å². The van der Waals surface area contributed by atoms with Crippen LogP contribution in [0.3, 0.4) is 0 Å². The summed E-state index contributed by atoms with van der Waals surface area (Å²) in [6.45, 7) is 13.5. The molecule has 1 rings (SSSR count). The van der Waals surface area contributed by atoms with Gasteiger partial charge in [-0.1, -0.05) is 38.0 Å². The predicted molar refractivity (Wildman–Crippen MR) is 67.2 cm³/mol. The Morgan fingerprint density at radius 3 is 2.60 bits per heavy atom. The van der Waals surface area contributed by atoms with E-state index in [2.05, 4.69) is 25.8 Å². The van der Waals surface area contributed by atoms with Gasteiger partial charge in [-0.2, -0.15) is 0 Å². The number of hydrogen-bond acceptors (Lipinski definition) is 1.